The van der Waals surface area contributed by atoms with E-state index in [1.165, 1.54) is 6.39 Å². The zero-order chi connectivity index (χ0) is 11.2. The van der Waals surface area contributed by atoms with E-state index in [9.17, 15) is 0 Å². The minimum Gasteiger partial charge on any atom is -0.481 e. The molecule has 2 aromatic heterocycles. The molecule has 0 aliphatic carbocycles. The fourth-order valence-electron chi connectivity index (χ4n) is 1.30. The normalized spacial score (nSPS) is 10.3. The van der Waals surface area contributed by atoms with Gasteiger partial charge < -0.3 is 14.5 Å². The van der Waals surface area contributed by atoms with Gasteiger partial charge in [0.15, 0.2) is 6.39 Å². The lowest BCUT2D eigenvalue weighted by Gasteiger charge is -2.03. The van der Waals surface area contributed by atoms with E-state index < -0.39 is 0 Å². The molecule has 0 atom stereocenters. The number of ether oxygens (including phenoxy) is 1. The highest BCUT2D eigenvalue weighted by Gasteiger charge is 1.97. The van der Waals surface area contributed by atoms with Crippen LogP contribution >= 0.6 is 0 Å². The maximum absolute atomic E-state index is 5.10. The van der Waals surface area contributed by atoms with Crippen LogP contribution < -0.4 is 10.1 Å². The van der Waals surface area contributed by atoms with Crippen molar-refractivity contribution in [3.05, 3.63) is 42.2 Å². The maximum Gasteiger partial charge on any atom is 0.212 e. The van der Waals surface area contributed by atoms with Gasteiger partial charge in [-0.2, -0.15) is 0 Å². The van der Waals surface area contributed by atoms with Crippen LogP contribution in [-0.2, 0) is 13.1 Å². The van der Waals surface area contributed by atoms with Crippen LogP contribution in [0, 0.1) is 0 Å². The van der Waals surface area contributed by atoms with Crippen LogP contribution in [0.15, 0.2) is 35.3 Å². The topological polar surface area (TPSA) is 60.2 Å². The molecule has 0 bridgehead atoms. The summed E-state index contributed by atoms with van der Waals surface area (Å²) in [6, 6.07) is 3.81. The largest absolute Gasteiger partial charge is 0.481 e. The van der Waals surface area contributed by atoms with E-state index in [-0.39, 0.29) is 0 Å². The molecular weight excluding hydrogens is 206 g/mol. The van der Waals surface area contributed by atoms with Crippen molar-refractivity contribution in [1.82, 2.24) is 15.3 Å². The summed E-state index contributed by atoms with van der Waals surface area (Å²) in [7, 11) is 1.60. The van der Waals surface area contributed by atoms with E-state index in [2.05, 4.69) is 15.3 Å². The smallest absolute Gasteiger partial charge is 0.212 e. The van der Waals surface area contributed by atoms with Crippen molar-refractivity contribution in [3.8, 4) is 5.88 Å². The second-order valence-electron chi connectivity index (χ2n) is 3.28. The second-order valence-corrected chi connectivity index (χ2v) is 3.28. The fraction of sp³-hybridized carbons (Fsp3) is 0.273. The molecule has 0 radical (unpaired) electrons. The van der Waals surface area contributed by atoms with Crippen molar-refractivity contribution >= 4 is 0 Å². The minimum absolute atomic E-state index is 0.624. The molecule has 0 amide bonds. The molecule has 84 valence electrons. The first-order valence-electron chi connectivity index (χ1n) is 4.95. The second kappa shape index (κ2) is 5.27. The molecule has 2 heterocycles. The number of rotatable bonds is 5. The van der Waals surface area contributed by atoms with Crippen LogP contribution in [-0.4, -0.2) is 17.1 Å². The Morgan fingerprint density at radius 2 is 2.25 bits per heavy atom. The number of nitrogens with zero attached hydrogens (tertiary/aromatic N) is 2. The lowest BCUT2D eigenvalue weighted by molar-refractivity contribution is 0.397. The first kappa shape index (κ1) is 10.6. The molecule has 1 N–H and O–H groups in total. The molecule has 0 unspecified atom stereocenters. The van der Waals surface area contributed by atoms with E-state index in [4.69, 9.17) is 9.15 Å². The number of pyridine rings is 1. The molecule has 16 heavy (non-hydrogen) atoms. The molecule has 0 spiro atoms. The maximum atomic E-state index is 5.10. The predicted molar refractivity (Wildman–Crippen MR) is 57.8 cm³/mol. The van der Waals surface area contributed by atoms with Crippen LogP contribution in [0.1, 0.15) is 11.3 Å². The van der Waals surface area contributed by atoms with Gasteiger partial charge in [-0.1, -0.05) is 6.07 Å². The first-order chi connectivity index (χ1) is 7.88. The van der Waals surface area contributed by atoms with Gasteiger partial charge in [0.2, 0.25) is 5.88 Å². The molecule has 0 saturated heterocycles. The van der Waals surface area contributed by atoms with E-state index in [1.807, 2.05) is 12.1 Å². The van der Waals surface area contributed by atoms with Crippen molar-refractivity contribution in [2.24, 2.45) is 0 Å². The van der Waals surface area contributed by atoms with Crippen LogP contribution in [0.4, 0.5) is 0 Å². The van der Waals surface area contributed by atoms with Gasteiger partial charge >= 0.3 is 0 Å². The number of aromatic nitrogens is 2. The Kier molecular flexibility index (Phi) is 3.50. The highest BCUT2D eigenvalue weighted by atomic mass is 16.5. The van der Waals surface area contributed by atoms with Crippen molar-refractivity contribution in [2.75, 3.05) is 7.11 Å². The monoisotopic (exact) mass is 219 g/mol. The summed E-state index contributed by atoms with van der Waals surface area (Å²) in [6.07, 6.45) is 4.90. The molecule has 2 aromatic rings. The summed E-state index contributed by atoms with van der Waals surface area (Å²) in [5, 5.41) is 3.23. The van der Waals surface area contributed by atoms with E-state index in [0.29, 0.717) is 12.4 Å². The van der Waals surface area contributed by atoms with Gasteiger partial charge in [0, 0.05) is 18.8 Å². The number of hydrogen-bond acceptors (Lipinski definition) is 5. The molecule has 2 rings (SSSR count). The third-order valence-corrected chi connectivity index (χ3v) is 2.12. The molecule has 5 heteroatoms. The Bertz CT molecular complexity index is 411. The highest BCUT2D eigenvalue weighted by molar-refractivity contribution is 5.17. The third kappa shape index (κ3) is 2.80. The molecular formula is C11H13N3O2. The minimum atomic E-state index is 0.624. The number of oxazole rings is 1. The summed E-state index contributed by atoms with van der Waals surface area (Å²) in [5.74, 6) is 1.44. The fourth-order valence-corrected chi connectivity index (χ4v) is 1.30. The van der Waals surface area contributed by atoms with E-state index >= 15 is 0 Å². The quantitative estimate of drug-likeness (QED) is 0.822. The lowest BCUT2D eigenvalue weighted by atomic mass is 10.3. The summed E-state index contributed by atoms with van der Waals surface area (Å²) >= 11 is 0. The van der Waals surface area contributed by atoms with Gasteiger partial charge in [0.1, 0.15) is 5.76 Å². The third-order valence-electron chi connectivity index (χ3n) is 2.12. The summed E-state index contributed by atoms with van der Waals surface area (Å²) in [4.78, 5) is 7.95. The Morgan fingerprint density at radius 3 is 2.88 bits per heavy atom. The highest BCUT2D eigenvalue weighted by Crippen LogP contribution is 2.06. The predicted octanol–water partition coefficient (Wildman–Crippen LogP) is 1.37. The van der Waals surface area contributed by atoms with Gasteiger partial charge in [0.25, 0.3) is 0 Å². The summed E-state index contributed by atoms with van der Waals surface area (Å²) in [6.45, 7) is 1.39. The van der Waals surface area contributed by atoms with Gasteiger partial charge in [-0.3, -0.25) is 0 Å². The first-order valence-corrected chi connectivity index (χ1v) is 4.95. The summed E-state index contributed by atoms with van der Waals surface area (Å²) < 4.78 is 10.1. The lowest BCUT2D eigenvalue weighted by Crippen LogP contribution is -2.12. The Morgan fingerprint density at radius 1 is 1.31 bits per heavy atom. The van der Waals surface area contributed by atoms with Gasteiger partial charge in [-0.05, 0) is 5.56 Å². The molecule has 0 aliphatic heterocycles. The Hall–Kier alpha value is -1.88. The average molecular weight is 219 g/mol. The molecule has 0 saturated carbocycles. The van der Waals surface area contributed by atoms with E-state index in [1.54, 1.807) is 19.5 Å². The molecule has 5 nitrogen and oxygen atoms in total. The van der Waals surface area contributed by atoms with Crippen molar-refractivity contribution in [2.45, 2.75) is 13.1 Å². The molecule has 0 fully saturated rings. The zero-order valence-corrected chi connectivity index (χ0v) is 9.01. The number of methoxy groups -OCH3 is 1. The SMILES string of the molecule is COc1ccc(CNCc2cnco2)cn1. The van der Waals surface area contributed by atoms with Crippen molar-refractivity contribution in [1.29, 1.82) is 0 Å². The van der Waals surface area contributed by atoms with Crippen LogP contribution in [0.25, 0.3) is 0 Å². The van der Waals surface area contributed by atoms with Crippen molar-refractivity contribution in [3.63, 3.8) is 0 Å². The van der Waals surface area contributed by atoms with E-state index in [0.717, 1.165) is 17.9 Å². The van der Waals surface area contributed by atoms with Gasteiger partial charge in [0.05, 0.1) is 19.9 Å². The summed E-state index contributed by atoms with van der Waals surface area (Å²) in [5.41, 5.74) is 1.10. The zero-order valence-electron chi connectivity index (χ0n) is 9.01. The Labute approximate surface area is 93.5 Å². The van der Waals surface area contributed by atoms with Crippen molar-refractivity contribution < 1.29 is 9.15 Å². The Balaban J connectivity index is 1.81. The van der Waals surface area contributed by atoms with Crippen LogP contribution in [0.3, 0.4) is 0 Å². The van der Waals surface area contributed by atoms with Gasteiger partial charge in [-0.25, -0.2) is 9.97 Å². The number of hydrogen-bond donors (Lipinski definition) is 1. The van der Waals surface area contributed by atoms with Crippen LogP contribution in [0.5, 0.6) is 5.88 Å². The average Bonchev–Trinajstić information content (AvgIpc) is 2.83. The van der Waals surface area contributed by atoms with Crippen LogP contribution in [0.2, 0.25) is 0 Å². The number of nitrogens with one attached hydrogen (secondary N) is 1. The van der Waals surface area contributed by atoms with Gasteiger partial charge in [-0.15, -0.1) is 0 Å². The molecule has 0 aromatic carbocycles. The molecule has 0 aliphatic rings. The standard InChI is InChI=1S/C11H13N3O2/c1-15-11-3-2-9(5-14-11)4-12-6-10-7-13-8-16-10/h2-3,5,7-8,12H,4,6H2,1H3.